The van der Waals surface area contributed by atoms with Crippen molar-refractivity contribution in [3.8, 4) is 0 Å². The molecule has 1 aromatic heterocycles. The predicted octanol–water partition coefficient (Wildman–Crippen LogP) is 1.24. The van der Waals surface area contributed by atoms with Gasteiger partial charge in [-0.1, -0.05) is 6.92 Å². The first-order valence-corrected chi connectivity index (χ1v) is 8.35. The van der Waals surface area contributed by atoms with Crippen molar-refractivity contribution in [3.63, 3.8) is 0 Å². The number of likely N-dealkylation sites (tertiary alicyclic amines) is 2. The molecule has 1 atom stereocenters. The first kappa shape index (κ1) is 15.8. The summed E-state index contributed by atoms with van der Waals surface area (Å²) in [5.41, 5.74) is 0.189. The molecule has 3 heterocycles. The summed E-state index contributed by atoms with van der Waals surface area (Å²) in [5, 5.41) is 0. The monoisotopic (exact) mass is 317 g/mol. The molecule has 0 saturated carbocycles. The molecule has 1 aromatic rings. The highest BCUT2D eigenvalue weighted by atomic mass is 16.2. The summed E-state index contributed by atoms with van der Waals surface area (Å²) in [5.74, 6) is 0.566. The molecule has 0 bridgehead atoms. The van der Waals surface area contributed by atoms with Crippen molar-refractivity contribution in [2.24, 2.45) is 5.92 Å². The van der Waals surface area contributed by atoms with Gasteiger partial charge in [0.15, 0.2) is 0 Å². The number of hydrogen-bond acceptors (Lipinski definition) is 3. The Morgan fingerprint density at radius 1 is 1.13 bits per heavy atom. The number of hydrogen-bond donors (Lipinski definition) is 1. The Morgan fingerprint density at radius 2 is 1.87 bits per heavy atom. The fourth-order valence-corrected chi connectivity index (χ4v) is 3.42. The molecule has 3 rings (SSSR count). The van der Waals surface area contributed by atoms with Gasteiger partial charge in [0.2, 0.25) is 11.5 Å². The van der Waals surface area contributed by atoms with E-state index in [1.54, 1.807) is 4.90 Å². The van der Waals surface area contributed by atoms with Gasteiger partial charge in [-0.15, -0.1) is 0 Å². The van der Waals surface area contributed by atoms with Crippen LogP contribution < -0.4 is 5.56 Å². The van der Waals surface area contributed by atoms with Crippen molar-refractivity contribution < 1.29 is 9.59 Å². The quantitative estimate of drug-likeness (QED) is 0.892. The Kier molecular flexibility index (Phi) is 4.50. The predicted molar refractivity (Wildman–Crippen MR) is 86.1 cm³/mol. The lowest BCUT2D eigenvalue weighted by Gasteiger charge is -2.34. The number of amides is 2. The van der Waals surface area contributed by atoms with E-state index < -0.39 is 0 Å². The van der Waals surface area contributed by atoms with E-state index in [1.807, 2.05) is 4.90 Å². The summed E-state index contributed by atoms with van der Waals surface area (Å²) in [7, 11) is 0. The summed E-state index contributed by atoms with van der Waals surface area (Å²) in [6, 6.07) is 2.50. The van der Waals surface area contributed by atoms with Crippen LogP contribution in [0.5, 0.6) is 0 Å². The second-order valence-electron chi connectivity index (χ2n) is 6.61. The van der Waals surface area contributed by atoms with E-state index in [1.165, 1.54) is 18.3 Å². The van der Waals surface area contributed by atoms with Gasteiger partial charge in [0, 0.05) is 31.9 Å². The third-order valence-corrected chi connectivity index (χ3v) is 4.93. The lowest BCUT2D eigenvalue weighted by molar-refractivity contribution is -0.136. The molecule has 0 radical (unpaired) electrons. The van der Waals surface area contributed by atoms with E-state index in [4.69, 9.17) is 0 Å². The molecule has 0 spiro atoms. The van der Waals surface area contributed by atoms with Crippen molar-refractivity contribution in [2.45, 2.75) is 38.6 Å². The zero-order valence-corrected chi connectivity index (χ0v) is 13.5. The fourth-order valence-electron chi connectivity index (χ4n) is 3.42. The van der Waals surface area contributed by atoms with E-state index in [0.29, 0.717) is 18.0 Å². The number of nitrogens with zero attached hydrogens (tertiary/aromatic N) is 2. The van der Waals surface area contributed by atoms with Crippen molar-refractivity contribution in [3.05, 3.63) is 34.2 Å². The van der Waals surface area contributed by atoms with Crippen LogP contribution in [0.2, 0.25) is 0 Å². The number of carbonyl (C=O) groups is 2. The van der Waals surface area contributed by atoms with Gasteiger partial charge in [-0.05, 0) is 37.7 Å². The average Bonchev–Trinajstić information content (AvgIpc) is 3.04. The van der Waals surface area contributed by atoms with E-state index in [2.05, 4.69) is 11.9 Å². The van der Waals surface area contributed by atoms with Crippen molar-refractivity contribution >= 4 is 11.8 Å². The van der Waals surface area contributed by atoms with Gasteiger partial charge in [-0.2, -0.15) is 0 Å². The minimum Gasteiger partial charge on any atom is -0.341 e. The van der Waals surface area contributed by atoms with E-state index >= 15 is 0 Å². The molecule has 2 aliphatic heterocycles. The first-order valence-electron chi connectivity index (χ1n) is 8.35. The molecule has 2 aliphatic rings. The lowest BCUT2D eigenvalue weighted by Crippen LogP contribution is -2.49. The van der Waals surface area contributed by atoms with Gasteiger partial charge in [-0.25, -0.2) is 0 Å². The molecule has 2 saturated heterocycles. The highest BCUT2D eigenvalue weighted by molar-refractivity contribution is 5.97. The molecule has 2 fully saturated rings. The Bertz CT molecular complexity index is 626. The Hall–Kier alpha value is -2.11. The number of piperidine rings is 1. The number of nitrogens with one attached hydrogen (secondary N) is 1. The summed E-state index contributed by atoms with van der Waals surface area (Å²) in [6.45, 7) is 4.39. The highest BCUT2D eigenvalue weighted by Crippen LogP contribution is 2.24. The summed E-state index contributed by atoms with van der Waals surface area (Å²) >= 11 is 0. The summed E-state index contributed by atoms with van der Waals surface area (Å²) < 4.78 is 0. The first-order chi connectivity index (χ1) is 11.1. The van der Waals surface area contributed by atoms with E-state index in [9.17, 15) is 14.4 Å². The maximum atomic E-state index is 12.8. The SMILES string of the molecule is CC1CCN(C(=O)C2CCCN2C(=O)c2ccc(=O)[nH]c2)CC1. The van der Waals surface area contributed by atoms with Gasteiger partial charge in [-0.3, -0.25) is 14.4 Å². The topological polar surface area (TPSA) is 73.5 Å². The normalized spacial score (nSPS) is 22.4. The second kappa shape index (κ2) is 6.56. The van der Waals surface area contributed by atoms with Gasteiger partial charge in [0.05, 0.1) is 5.56 Å². The Morgan fingerprint density at radius 3 is 2.52 bits per heavy atom. The maximum Gasteiger partial charge on any atom is 0.256 e. The average molecular weight is 317 g/mol. The van der Waals surface area contributed by atoms with E-state index in [0.717, 1.165) is 38.8 Å². The molecule has 1 unspecified atom stereocenters. The van der Waals surface area contributed by atoms with Gasteiger partial charge in [0.25, 0.3) is 5.91 Å². The minimum absolute atomic E-state index is 0.0761. The fraction of sp³-hybridized carbons (Fsp3) is 0.588. The summed E-state index contributed by atoms with van der Waals surface area (Å²) in [4.78, 5) is 42.6. The van der Waals surface area contributed by atoms with Crippen LogP contribution in [0.4, 0.5) is 0 Å². The van der Waals surface area contributed by atoms with E-state index in [-0.39, 0.29) is 23.4 Å². The number of rotatable bonds is 2. The number of carbonyl (C=O) groups excluding carboxylic acids is 2. The molecule has 0 aromatic carbocycles. The largest absolute Gasteiger partial charge is 0.341 e. The Balaban J connectivity index is 1.72. The maximum absolute atomic E-state index is 12.8. The van der Waals surface area contributed by atoms with Crippen LogP contribution >= 0.6 is 0 Å². The third kappa shape index (κ3) is 3.30. The number of pyridine rings is 1. The lowest BCUT2D eigenvalue weighted by atomic mass is 9.98. The third-order valence-electron chi connectivity index (χ3n) is 4.93. The van der Waals surface area contributed by atoms with Crippen LogP contribution in [0, 0.1) is 5.92 Å². The molecule has 1 N–H and O–H groups in total. The van der Waals surface area contributed by atoms with Crippen molar-refractivity contribution in [1.82, 2.24) is 14.8 Å². The Labute approximate surface area is 135 Å². The molecular weight excluding hydrogens is 294 g/mol. The number of aromatic nitrogens is 1. The summed E-state index contributed by atoms with van der Waals surface area (Å²) in [6.07, 6.45) is 5.06. The molecule has 6 nitrogen and oxygen atoms in total. The van der Waals surface area contributed by atoms with Crippen LogP contribution in [-0.4, -0.2) is 52.3 Å². The number of H-pyrrole nitrogens is 1. The molecule has 124 valence electrons. The molecular formula is C17H23N3O3. The van der Waals surface area contributed by atoms with Gasteiger partial charge < -0.3 is 14.8 Å². The van der Waals surface area contributed by atoms with Crippen LogP contribution in [0.15, 0.2) is 23.1 Å². The molecule has 2 amide bonds. The standard InChI is InChI=1S/C17H23N3O3/c1-12-6-9-19(10-7-12)17(23)14-3-2-8-20(14)16(22)13-4-5-15(21)18-11-13/h4-5,11-12,14H,2-3,6-10H2,1H3,(H,18,21). The van der Waals surface area contributed by atoms with Crippen LogP contribution in [0.3, 0.4) is 0 Å². The molecule has 6 heteroatoms. The van der Waals surface area contributed by atoms with Crippen LogP contribution in [0.25, 0.3) is 0 Å². The highest BCUT2D eigenvalue weighted by Gasteiger charge is 2.37. The number of aromatic amines is 1. The zero-order valence-electron chi connectivity index (χ0n) is 13.5. The molecule has 23 heavy (non-hydrogen) atoms. The van der Waals surface area contributed by atoms with Crippen molar-refractivity contribution in [1.29, 1.82) is 0 Å². The van der Waals surface area contributed by atoms with Gasteiger partial charge >= 0.3 is 0 Å². The van der Waals surface area contributed by atoms with Crippen LogP contribution in [-0.2, 0) is 4.79 Å². The smallest absolute Gasteiger partial charge is 0.256 e. The van der Waals surface area contributed by atoms with Gasteiger partial charge in [0.1, 0.15) is 6.04 Å². The van der Waals surface area contributed by atoms with Crippen molar-refractivity contribution in [2.75, 3.05) is 19.6 Å². The minimum atomic E-state index is -0.358. The second-order valence-corrected chi connectivity index (χ2v) is 6.61. The van der Waals surface area contributed by atoms with Crippen LogP contribution in [0.1, 0.15) is 43.0 Å². The zero-order chi connectivity index (χ0) is 16.4. The molecule has 0 aliphatic carbocycles.